The van der Waals surface area contributed by atoms with Gasteiger partial charge in [0.05, 0.1) is 44.4 Å². The topological polar surface area (TPSA) is 60.5 Å². The number of piperazine rings is 1. The Morgan fingerprint density at radius 1 is 0.967 bits per heavy atom. The molecule has 158 valence electrons. The fourth-order valence-electron chi connectivity index (χ4n) is 4.28. The number of anilines is 1. The van der Waals surface area contributed by atoms with Crippen LogP contribution in [0.25, 0.3) is 0 Å². The normalized spacial score (nSPS) is 16.5. The lowest BCUT2D eigenvalue weighted by molar-refractivity contribution is -0.927. The van der Waals surface area contributed by atoms with E-state index in [0.717, 1.165) is 43.3 Å². The largest absolute Gasteiger partial charge is 0.496 e. The van der Waals surface area contributed by atoms with E-state index >= 15 is 0 Å². The maximum atomic E-state index is 5.73. The van der Waals surface area contributed by atoms with Crippen LogP contribution in [-0.2, 0) is 5.54 Å². The van der Waals surface area contributed by atoms with E-state index in [1.807, 2.05) is 16.8 Å². The zero-order valence-corrected chi connectivity index (χ0v) is 18.2. The maximum absolute atomic E-state index is 5.73. The second-order valence-corrected chi connectivity index (χ2v) is 8.78. The number of hydrogen-bond donors (Lipinski definition) is 1. The number of nitrogens with zero attached hydrogens (tertiary/aromatic N) is 5. The van der Waals surface area contributed by atoms with Gasteiger partial charge in [0.25, 0.3) is 0 Å². The van der Waals surface area contributed by atoms with Crippen LogP contribution in [0, 0.1) is 0 Å². The van der Waals surface area contributed by atoms with Crippen LogP contribution in [-0.4, -0.2) is 53.5 Å². The number of tetrazole rings is 1. The van der Waals surface area contributed by atoms with E-state index in [2.05, 4.69) is 83.7 Å². The van der Waals surface area contributed by atoms with Crippen molar-refractivity contribution in [3.05, 3.63) is 66.0 Å². The van der Waals surface area contributed by atoms with Gasteiger partial charge in [0.2, 0.25) is 5.82 Å². The van der Waals surface area contributed by atoms with Gasteiger partial charge in [-0.05, 0) is 55.5 Å². The summed E-state index contributed by atoms with van der Waals surface area (Å²) < 4.78 is 7.69. The Hall–Kier alpha value is -2.93. The number of hydrogen-bond acceptors (Lipinski definition) is 5. The van der Waals surface area contributed by atoms with Gasteiger partial charge >= 0.3 is 0 Å². The summed E-state index contributed by atoms with van der Waals surface area (Å²) in [6.45, 7) is 10.4. The predicted octanol–water partition coefficient (Wildman–Crippen LogP) is 1.93. The first-order valence-corrected chi connectivity index (χ1v) is 10.6. The summed E-state index contributed by atoms with van der Waals surface area (Å²) in [6.07, 6.45) is 0. The van der Waals surface area contributed by atoms with Gasteiger partial charge in [-0.25, -0.2) is 4.68 Å². The molecule has 0 aliphatic carbocycles. The number of para-hydroxylation sites is 2. The van der Waals surface area contributed by atoms with Crippen LogP contribution < -0.4 is 14.5 Å². The molecule has 1 aliphatic rings. The van der Waals surface area contributed by atoms with Gasteiger partial charge in [-0.15, -0.1) is 5.10 Å². The molecule has 1 saturated heterocycles. The Labute approximate surface area is 178 Å². The molecule has 4 rings (SSSR count). The molecule has 0 saturated carbocycles. The fourth-order valence-corrected chi connectivity index (χ4v) is 4.28. The molecule has 2 heterocycles. The van der Waals surface area contributed by atoms with Crippen LogP contribution in [0.1, 0.15) is 38.2 Å². The van der Waals surface area contributed by atoms with Crippen molar-refractivity contribution in [2.45, 2.75) is 32.4 Å². The smallest absolute Gasteiger partial charge is 0.214 e. The minimum Gasteiger partial charge on any atom is -0.496 e. The van der Waals surface area contributed by atoms with Crippen molar-refractivity contribution in [2.75, 3.05) is 38.2 Å². The van der Waals surface area contributed by atoms with Crippen molar-refractivity contribution in [2.24, 2.45) is 0 Å². The molecule has 2 aromatic carbocycles. The van der Waals surface area contributed by atoms with Crippen molar-refractivity contribution < 1.29 is 9.64 Å². The van der Waals surface area contributed by atoms with Crippen LogP contribution in [0.2, 0.25) is 0 Å². The summed E-state index contributed by atoms with van der Waals surface area (Å²) in [4.78, 5) is 3.90. The van der Waals surface area contributed by atoms with Crippen LogP contribution in [0.5, 0.6) is 5.75 Å². The summed E-state index contributed by atoms with van der Waals surface area (Å²) in [5, 5.41) is 12.9. The molecule has 0 unspecified atom stereocenters. The zero-order chi connectivity index (χ0) is 21.1. The third-order valence-corrected chi connectivity index (χ3v) is 5.77. The highest BCUT2D eigenvalue weighted by Gasteiger charge is 2.37. The summed E-state index contributed by atoms with van der Waals surface area (Å²) in [5.41, 5.74) is 2.21. The van der Waals surface area contributed by atoms with E-state index in [-0.39, 0.29) is 11.6 Å². The second kappa shape index (κ2) is 8.44. The summed E-state index contributed by atoms with van der Waals surface area (Å²) in [6, 6.07) is 18.9. The van der Waals surface area contributed by atoms with Crippen LogP contribution in [0.15, 0.2) is 54.6 Å². The molecule has 1 atom stereocenters. The van der Waals surface area contributed by atoms with E-state index in [9.17, 15) is 0 Å². The number of quaternary nitrogens is 1. The van der Waals surface area contributed by atoms with Gasteiger partial charge in [-0.1, -0.05) is 30.3 Å². The molecule has 3 aromatic rings. The van der Waals surface area contributed by atoms with Gasteiger partial charge < -0.3 is 14.5 Å². The highest BCUT2D eigenvalue weighted by molar-refractivity contribution is 5.46. The molecule has 1 fully saturated rings. The van der Waals surface area contributed by atoms with E-state index in [1.54, 1.807) is 7.11 Å². The Kier molecular flexibility index (Phi) is 5.72. The fraction of sp³-hybridized carbons (Fsp3) is 0.435. The Balaban J connectivity index is 1.68. The number of methoxy groups -OCH3 is 1. The molecule has 0 radical (unpaired) electrons. The number of nitrogens with one attached hydrogen (secondary N) is 1. The highest BCUT2D eigenvalue weighted by Crippen LogP contribution is 2.29. The van der Waals surface area contributed by atoms with E-state index in [4.69, 9.17) is 4.74 Å². The molecule has 30 heavy (non-hydrogen) atoms. The van der Waals surface area contributed by atoms with Crippen LogP contribution in [0.4, 0.5) is 5.69 Å². The Morgan fingerprint density at radius 3 is 2.30 bits per heavy atom. The molecule has 1 aliphatic heterocycles. The summed E-state index contributed by atoms with van der Waals surface area (Å²) in [7, 11) is 1.73. The maximum Gasteiger partial charge on any atom is 0.214 e. The van der Waals surface area contributed by atoms with Crippen molar-refractivity contribution in [1.82, 2.24) is 20.2 Å². The zero-order valence-electron chi connectivity index (χ0n) is 18.2. The molecule has 1 aromatic heterocycles. The molecule has 0 spiro atoms. The molecule has 1 N–H and O–H groups in total. The molecular formula is C23H31N6O+. The summed E-state index contributed by atoms with van der Waals surface area (Å²) >= 11 is 0. The Morgan fingerprint density at radius 2 is 1.63 bits per heavy atom. The average molecular weight is 408 g/mol. The van der Waals surface area contributed by atoms with Crippen LogP contribution >= 0.6 is 0 Å². The van der Waals surface area contributed by atoms with E-state index in [1.165, 1.54) is 10.6 Å². The minimum atomic E-state index is -0.204. The van der Waals surface area contributed by atoms with Gasteiger partial charge in [-0.2, -0.15) is 0 Å². The second-order valence-electron chi connectivity index (χ2n) is 8.78. The first-order chi connectivity index (χ1) is 14.5. The third-order valence-electron chi connectivity index (χ3n) is 5.77. The summed E-state index contributed by atoms with van der Waals surface area (Å²) in [5.74, 6) is 1.76. The minimum absolute atomic E-state index is 0.00768. The van der Waals surface area contributed by atoms with Crippen molar-refractivity contribution >= 4 is 5.69 Å². The standard InChI is InChI=1S/C23H30N6O/c1-23(2,3)29-22(24-25-26-29)21(19-12-8-9-13-20(19)30-4)28-16-14-27(15-17-28)18-10-6-5-7-11-18/h5-13,21H,14-17H2,1-4H3/p+1/t21-/m1/s1. The quantitative estimate of drug-likeness (QED) is 0.700. The predicted molar refractivity (Wildman–Crippen MR) is 117 cm³/mol. The molecular weight excluding hydrogens is 376 g/mol. The van der Waals surface area contributed by atoms with Crippen molar-refractivity contribution in [3.8, 4) is 5.75 Å². The van der Waals surface area contributed by atoms with E-state index < -0.39 is 0 Å². The number of aromatic nitrogens is 4. The van der Waals surface area contributed by atoms with Gasteiger partial charge in [0, 0.05) is 5.69 Å². The first kappa shape index (κ1) is 20.3. The average Bonchev–Trinajstić information content (AvgIpc) is 3.25. The highest BCUT2D eigenvalue weighted by atomic mass is 16.5. The third kappa shape index (κ3) is 4.03. The molecule has 0 amide bonds. The Bertz CT molecular complexity index is 957. The number of ether oxygens (including phenoxy) is 1. The van der Waals surface area contributed by atoms with Gasteiger partial charge in [0.15, 0.2) is 6.04 Å². The van der Waals surface area contributed by atoms with Crippen LogP contribution in [0.3, 0.4) is 0 Å². The molecule has 0 bridgehead atoms. The number of rotatable bonds is 5. The lowest BCUT2D eigenvalue weighted by Gasteiger charge is -2.38. The first-order valence-electron chi connectivity index (χ1n) is 10.6. The van der Waals surface area contributed by atoms with E-state index in [0.29, 0.717) is 0 Å². The van der Waals surface area contributed by atoms with Crippen molar-refractivity contribution in [3.63, 3.8) is 0 Å². The van der Waals surface area contributed by atoms with Gasteiger partial charge in [0.1, 0.15) is 5.75 Å². The van der Waals surface area contributed by atoms with Gasteiger partial charge in [-0.3, -0.25) is 0 Å². The monoisotopic (exact) mass is 407 g/mol. The SMILES string of the molecule is COc1ccccc1[C@H](c1nnnn1C(C)(C)C)[NH+]1CCN(c2ccccc2)CC1. The lowest BCUT2D eigenvalue weighted by atomic mass is 10.0. The molecule has 7 heteroatoms. The lowest BCUT2D eigenvalue weighted by Crippen LogP contribution is -3.15. The number of benzene rings is 2. The molecule has 7 nitrogen and oxygen atoms in total. The van der Waals surface area contributed by atoms with Crippen molar-refractivity contribution in [1.29, 1.82) is 0 Å².